The monoisotopic (exact) mass is 1220 g/mol. The summed E-state index contributed by atoms with van der Waals surface area (Å²) in [6, 6.07) is 23.3. The van der Waals surface area contributed by atoms with E-state index in [-0.39, 0.29) is 129 Å². The summed E-state index contributed by atoms with van der Waals surface area (Å²) in [4.78, 5) is 39.5. The number of carboxylic acids is 2. The summed E-state index contributed by atoms with van der Waals surface area (Å²) in [5.74, 6) is -12.8. The molecule has 10 rings (SSSR count). The van der Waals surface area contributed by atoms with Gasteiger partial charge in [0.05, 0.1) is 70.0 Å². The Morgan fingerprint density at radius 1 is 0.466 bits per heavy atom. The summed E-state index contributed by atoms with van der Waals surface area (Å²) in [6.07, 6.45) is -0.574. The van der Waals surface area contributed by atoms with Crippen molar-refractivity contribution in [3.8, 4) is 46.4 Å². The van der Waals surface area contributed by atoms with Crippen LogP contribution >= 0.6 is 0 Å². The zero-order valence-corrected chi connectivity index (χ0v) is 45.8. The highest BCUT2D eigenvalue weighted by molar-refractivity contribution is 5.94. The van der Waals surface area contributed by atoms with E-state index in [0.717, 1.165) is 72.8 Å². The normalized spacial score (nSPS) is 11.1. The van der Waals surface area contributed by atoms with Gasteiger partial charge >= 0.3 is 11.9 Å². The third kappa shape index (κ3) is 13.2. The number of hydrogen-bond donors (Lipinski definition) is 2. The Kier molecular flexibility index (Phi) is 18.8. The summed E-state index contributed by atoms with van der Waals surface area (Å²) in [5, 5.41) is 36.4. The molecule has 88 heavy (non-hydrogen) atoms. The molecule has 0 aliphatic heterocycles. The van der Waals surface area contributed by atoms with Crippen LogP contribution in [0.2, 0.25) is 0 Å². The maximum absolute atomic E-state index is 15.4. The van der Waals surface area contributed by atoms with E-state index >= 15 is 26.3 Å². The van der Waals surface area contributed by atoms with Crippen molar-refractivity contribution in [2.45, 2.75) is 39.1 Å². The molecule has 0 unspecified atom stereocenters. The molecule has 4 heterocycles. The van der Waals surface area contributed by atoms with E-state index in [1.807, 2.05) is 0 Å². The van der Waals surface area contributed by atoms with Gasteiger partial charge in [0.25, 0.3) is 11.8 Å². The fourth-order valence-corrected chi connectivity index (χ4v) is 9.20. The molecule has 0 aliphatic carbocycles. The molecule has 0 spiro atoms. The molecule has 16 nitrogen and oxygen atoms in total. The van der Waals surface area contributed by atoms with Crippen molar-refractivity contribution < 1.29 is 82.7 Å². The van der Waals surface area contributed by atoms with Gasteiger partial charge in [0.15, 0.2) is 23.3 Å². The predicted octanol–water partition coefficient (Wildman–Crippen LogP) is 12.4. The number of aromatic carboxylic acids is 2. The van der Waals surface area contributed by atoms with Crippen LogP contribution in [0.15, 0.2) is 109 Å². The SMILES string of the molecule is COCCn1c(Cc2cc(F)c(-c3ccc(F)c(OCc4ccc(C#N)cc4F)n3)cc2F)nc2ccc(C(=O)O)c(F)c21.COCCn1c(Cc2cc(F)c(-c3ccc(F)c(OCc4ccc(C#N)cc4F)n3)cc2F)nc2ccc(C(=O)O)c(F)c21. The van der Waals surface area contributed by atoms with Crippen LogP contribution in [0.4, 0.5) is 43.9 Å². The number of pyridine rings is 2. The minimum atomic E-state index is -1.47. The van der Waals surface area contributed by atoms with E-state index in [2.05, 4.69) is 19.9 Å². The Bertz CT molecular complexity index is 4190. The molecule has 0 fully saturated rings. The Morgan fingerprint density at radius 2 is 0.852 bits per heavy atom. The van der Waals surface area contributed by atoms with Crippen molar-refractivity contribution in [3.63, 3.8) is 0 Å². The number of nitrogens with zero attached hydrogens (tertiary/aromatic N) is 8. The largest absolute Gasteiger partial charge is 0.478 e. The number of carbonyl (C=O) groups is 2. The van der Waals surface area contributed by atoms with Crippen LogP contribution in [0.1, 0.15) is 65.7 Å². The van der Waals surface area contributed by atoms with Gasteiger partial charge in [0, 0.05) is 62.4 Å². The van der Waals surface area contributed by atoms with Gasteiger partial charge in [0.2, 0.25) is 0 Å². The summed E-state index contributed by atoms with van der Waals surface area (Å²) in [6.45, 7) is -0.580. The first-order valence-electron chi connectivity index (χ1n) is 25.9. The molecule has 0 radical (unpaired) electrons. The van der Waals surface area contributed by atoms with Gasteiger partial charge in [-0.1, -0.05) is 12.1 Å². The van der Waals surface area contributed by atoms with Gasteiger partial charge in [-0.15, -0.1) is 0 Å². The first kappa shape index (κ1) is 61.8. The van der Waals surface area contributed by atoms with Crippen LogP contribution in [0.25, 0.3) is 44.6 Å². The fourth-order valence-electron chi connectivity index (χ4n) is 9.20. The number of methoxy groups -OCH3 is 2. The van der Waals surface area contributed by atoms with E-state index in [1.165, 1.54) is 59.8 Å². The first-order valence-corrected chi connectivity index (χ1v) is 25.9. The Hall–Kier alpha value is -10.7. The van der Waals surface area contributed by atoms with Gasteiger partial charge in [-0.3, -0.25) is 0 Å². The molecular weight excluding hydrogens is 1170 g/mol. The zero-order valence-electron chi connectivity index (χ0n) is 45.8. The van der Waals surface area contributed by atoms with Gasteiger partial charge in [-0.05, 0) is 108 Å². The topological polar surface area (TPSA) is 221 Å². The van der Waals surface area contributed by atoms with E-state index in [9.17, 15) is 37.4 Å². The smallest absolute Gasteiger partial charge is 0.338 e. The lowest BCUT2D eigenvalue weighted by atomic mass is 10.0. The molecule has 0 atom stereocenters. The molecular formula is C62H42F10N8O8. The van der Waals surface area contributed by atoms with Gasteiger partial charge in [-0.25, -0.2) is 73.4 Å². The number of hydrogen-bond acceptors (Lipinski definition) is 12. The highest BCUT2D eigenvalue weighted by atomic mass is 19.2. The lowest BCUT2D eigenvalue weighted by Crippen LogP contribution is -2.11. The van der Waals surface area contributed by atoms with E-state index in [1.54, 1.807) is 12.1 Å². The van der Waals surface area contributed by atoms with Crippen LogP contribution in [-0.4, -0.2) is 78.7 Å². The van der Waals surface area contributed by atoms with Crippen molar-refractivity contribution in [3.05, 3.63) is 224 Å². The third-order valence-electron chi connectivity index (χ3n) is 13.6. The maximum atomic E-state index is 15.4. The molecule has 6 aromatic carbocycles. The molecule has 0 saturated carbocycles. The molecule has 10 aromatic rings. The summed E-state index contributed by atoms with van der Waals surface area (Å²) in [5.41, 5.74) is -2.14. The van der Waals surface area contributed by atoms with Crippen LogP contribution < -0.4 is 9.47 Å². The molecule has 2 N–H and O–H groups in total. The molecule has 0 aliphatic rings. The molecule has 0 saturated heterocycles. The van der Waals surface area contributed by atoms with E-state index in [4.69, 9.17) is 29.5 Å². The minimum absolute atomic E-state index is 0.0211. The zero-order chi connectivity index (χ0) is 63.1. The minimum Gasteiger partial charge on any atom is -0.478 e. The molecule has 448 valence electrons. The number of nitriles is 2. The van der Waals surface area contributed by atoms with Gasteiger partial charge in [-0.2, -0.15) is 10.5 Å². The average molecular weight is 1220 g/mol. The van der Waals surface area contributed by atoms with Crippen LogP contribution in [0.3, 0.4) is 0 Å². The number of aromatic nitrogens is 6. The number of carboxylic acid groups (broad SMARTS) is 2. The van der Waals surface area contributed by atoms with Crippen LogP contribution in [0, 0.1) is 80.8 Å². The fraction of sp³-hybridized carbons (Fsp3) is 0.161. The number of halogens is 10. The van der Waals surface area contributed by atoms with E-state index in [0.29, 0.717) is 0 Å². The second-order valence-electron chi connectivity index (χ2n) is 19.1. The van der Waals surface area contributed by atoms with Crippen molar-refractivity contribution >= 4 is 34.0 Å². The Labute approximate surface area is 491 Å². The third-order valence-corrected chi connectivity index (χ3v) is 13.6. The number of benzene rings is 6. The van der Waals surface area contributed by atoms with Crippen LogP contribution in [-0.2, 0) is 48.6 Å². The number of ether oxygens (including phenoxy) is 4. The first-order chi connectivity index (χ1) is 42.2. The average Bonchev–Trinajstić information content (AvgIpc) is 1.95. The molecule has 26 heteroatoms. The van der Waals surface area contributed by atoms with Gasteiger partial charge < -0.3 is 38.3 Å². The number of fused-ring (bicyclic) bond motifs is 2. The Balaban J connectivity index is 0.000000209. The highest BCUT2D eigenvalue weighted by Crippen LogP contribution is 2.33. The van der Waals surface area contributed by atoms with Crippen LogP contribution in [0.5, 0.6) is 11.8 Å². The highest BCUT2D eigenvalue weighted by Gasteiger charge is 2.26. The predicted molar refractivity (Wildman–Crippen MR) is 293 cm³/mol. The lowest BCUT2D eigenvalue weighted by Gasteiger charge is -2.12. The van der Waals surface area contributed by atoms with Crippen molar-refractivity contribution in [2.75, 3.05) is 27.4 Å². The molecule has 0 amide bonds. The molecule has 4 aromatic heterocycles. The second kappa shape index (κ2) is 26.7. The number of rotatable bonds is 20. The molecule has 0 bridgehead atoms. The van der Waals surface area contributed by atoms with Crippen molar-refractivity contribution in [1.82, 2.24) is 29.1 Å². The quantitative estimate of drug-likeness (QED) is 0.0678. The maximum Gasteiger partial charge on any atom is 0.338 e. The standard InChI is InChI=1S/2C31H21F5N4O4/c2*1-43-9-8-40-27(38-26-6-4-19(31(41)42)28(36)29(26)40)12-18-11-24(35)20(13-23(18)34)25-7-5-21(32)30(39-25)44-15-17-3-2-16(14-37)10-22(17)33/h2*2-7,10-11,13H,8-9,12,15H2,1H3,(H,41,42). The van der Waals surface area contributed by atoms with Gasteiger partial charge in [0.1, 0.15) is 70.8 Å². The summed E-state index contributed by atoms with van der Waals surface area (Å²) >= 11 is 0. The van der Waals surface area contributed by atoms with Crippen molar-refractivity contribution in [2.24, 2.45) is 0 Å². The second-order valence-corrected chi connectivity index (χ2v) is 19.1. The summed E-state index contributed by atoms with van der Waals surface area (Å²) < 4.78 is 172. The summed E-state index contributed by atoms with van der Waals surface area (Å²) in [7, 11) is 2.83. The number of imidazole rings is 2. The van der Waals surface area contributed by atoms with E-state index < -0.39 is 106 Å². The van der Waals surface area contributed by atoms with Crippen molar-refractivity contribution in [1.29, 1.82) is 10.5 Å². The Morgan fingerprint density at radius 3 is 1.20 bits per heavy atom. The lowest BCUT2D eigenvalue weighted by molar-refractivity contribution is 0.0681.